The van der Waals surface area contributed by atoms with Gasteiger partial charge in [-0.15, -0.1) is 0 Å². The van der Waals surface area contributed by atoms with E-state index in [0.29, 0.717) is 11.8 Å². The van der Waals surface area contributed by atoms with Gasteiger partial charge in [0.05, 0.1) is 5.56 Å². The molecule has 9 heteroatoms. The lowest BCUT2D eigenvalue weighted by atomic mass is 10.0. The number of nitrogens with zero attached hydrogens (tertiary/aromatic N) is 2. The highest BCUT2D eigenvalue weighted by Crippen LogP contribution is 2.35. The Balaban J connectivity index is 1.69. The molecule has 0 fully saturated rings. The third-order valence-electron chi connectivity index (χ3n) is 6.25. The molecule has 0 amide bonds. The number of hydrogen-bond donors (Lipinski definition) is 2. The maximum Gasteiger partial charge on any atom is 0.259 e. The number of nitrogens with one attached hydrogen (secondary N) is 1. The standard InChI is InChI=1S/C30H28F2N4O3/c1-4-36(5-2)23-13-12-22(17-37)25(16-23)39-30-27(32)18(3)26(31)29(35-30)38-24-11-7-9-20(15-24)19-8-6-10-21(14-19)28(33)34/h6-17H,4-5H2,1-3H3,(H3,33,34). The number of nitrogens with two attached hydrogens (primary N) is 1. The first-order valence-electron chi connectivity index (χ1n) is 12.4. The van der Waals surface area contributed by atoms with Crippen molar-refractivity contribution in [2.24, 2.45) is 5.73 Å². The van der Waals surface area contributed by atoms with Crippen molar-refractivity contribution >= 4 is 17.8 Å². The Morgan fingerprint density at radius 1 is 0.949 bits per heavy atom. The number of nitrogen functional groups attached to an aromatic ring is 1. The quantitative estimate of drug-likeness (QED) is 0.132. The predicted octanol–water partition coefficient (Wildman–Crippen LogP) is 6.86. The van der Waals surface area contributed by atoms with Gasteiger partial charge in [-0.05, 0) is 62.2 Å². The van der Waals surface area contributed by atoms with Crippen molar-refractivity contribution in [2.75, 3.05) is 18.0 Å². The Bertz CT molecular complexity index is 1540. The van der Waals surface area contributed by atoms with Crippen LogP contribution >= 0.6 is 0 Å². The Kier molecular flexibility index (Phi) is 8.19. The molecule has 7 nitrogen and oxygen atoms in total. The van der Waals surface area contributed by atoms with Crippen molar-refractivity contribution in [3.8, 4) is 34.4 Å². The van der Waals surface area contributed by atoms with Gasteiger partial charge in [-0.1, -0.05) is 30.3 Å². The van der Waals surface area contributed by atoms with E-state index < -0.39 is 23.4 Å². The summed E-state index contributed by atoms with van der Waals surface area (Å²) in [5, 5.41) is 7.66. The Hall–Kier alpha value is -4.79. The van der Waals surface area contributed by atoms with Crippen LogP contribution in [0.1, 0.15) is 35.3 Å². The number of rotatable bonds is 10. The molecule has 4 aromatic rings. The van der Waals surface area contributed by atoms with Gasteiger partial charge in [0.15, 0.2) is 17.9 Å². The van der Waals surface area contributed by atoms with Crippen molar-refractivity contribution in [3.05, 3.63) is 95.1 Å². The van der Waals surface area contributed by atoms with Crippen molar-refractivity contribution in [3.63, 3.8) is 0 Å². The molecule has 0 aliphatic carbocycles. The Labute approximate surface area is 225 Å². The van der Waals surface area contributed by atoms with Gasteiger partial charge in [-0.2, -0.15) is 4.98 Å². The fourth-order valence-electron chi connectivity index (χ4n) is 4.06. The number of benzene rings is 3. The number of aldehydes is 1. The fraction of sp³-hybridized carbons (Fsp3) is 0.167. The first-order chi connectivity index (χ1) is 18.7. The molecular weight excluding hydrogens is 502 g/mol. The molecule has 3 aromatic carbocycles. The van der Waals surface area contributed by atoms with E-state index in [-0.39, 0.29) is 28.5 Å². The second-order valence-electron chi connectivity index (χ2n) is 8.71. The highest BCUT2D eigenvalue weighted by molar-refractivity contribution is 5.96. The lowest BCUT2D eigenvalue weighted by Crippen LogP contribution is -2.21. The molecule has 1 heterocycles. The summed E-state index contributed by atoms with van der Waals surface area (Å²) in [5.41, 5.74) is 8.30. The summed E-state index contributed by atoms with van der Waals surface area (Å²) in [6.07, 6.45) is 0.597. The van der Waals surface area contributed by atoms with Crippen molar-refractivity contribution < 1.29 is 23.0 Å². The third-order valence-corrected chi connectivity index (χ3v) is 6.25. The monoisotopic (exact) mass is 530 g/mol. The minimum absolute atomic E-state index is 0.0646. The number of halogens is 2. The Morgan fingerprint density at radius 3 is 2.23 bits per heavy atom. The zero-order chi connectivity index (χ0) is 28.1. The summed E-state index contributed by atoms with van der Waals surface area (Å²) in [6.45, 7) is 6.66. The number of pyridine rings is 1. The molecule has 0 unspecified atom stereocenters. The predicted molar refractivity (Wildman–Crippen MR) is 147 cm³/mol. The average Bonchev–Trinajstić information content (AvgIpc) is 2.95. The van der Waals surface area contributed by atoms with Crippen molar-refractivity contribution in [2.45, 2.75) is 20.8 Å². The van der Waals surface area contributed by atoms with Crippen LogP contribution in [0, 0.1) is 24.0 Å². The fourth-order valence-corrected chi connectivity index (χ4v) is 4.06. The molecule has 3 N–H and O–H groups in total. The summed E-state index contributed by atoms with van der Waals surface area (Å²) >= 11 is 0. The molecular formula is C30H28F2N4O3. The summed E-state index contributed by atoms with van der Waals surface area (Å²) < 4.78 is 41.6. The molecule has 0 aliphatic rings. The lowest BCUT2D eigenvalue weighted by molar-refractivity contribution is 0.112. The molecule has 1 aromatic heterocycles. The zero-order valence-electron chi connectivity index (χ0n) is 21.8. The van der Waals surface area contributed by atoms with Gasteiger partial charge in [0.1, 0.15) is 17.3 Å². The summed E-state index contributed by atoms with van der Waals surface area (Å²) in [7, 11) is 0. The van der Waals surface area contributed by atoms with Gasteiger partial charge in [0.2, 0.25) is 0 Å². The Morgan fingerprint density at radius 2 is 1.59 bits per heavy atom. The molecule has 0 spiro atoms. The second kappa shape index (κ2) is 11.7. The van der Waals surface area contributed by atoms with E-state index >= 15 is 8.78 Å². The van der Waals surface area contributed by atoms with Crippen LogP contribution in [-0.4, -0.2) is 30.2 Å². The summed E-state index contributed by atoms with van der Waals surface area (Å²) in [5.74, 6) is -2.70. The van der Waals surface area contributed by atoms with Crippen molar-refractivity contribution in [1.29, 1.82) is 5.41 Å². The number of carbonyl (C=O) groups is 1. The van der Waals surface area contributed by atoms with Crippen LogP contribution in [0.5, 0.6) is 23.3 Å². The van der Waals surface area contributed by atoms with E-state index in [2.05, 4.69) is 4.98 Å². The number of hydrogen-bond acceptors (Lipinski definition) is 6. The van der Waals surface area contributed by atoms with E-state index in [1.54, 1.807) is 54.6 Å². The molecule has 0 saturated heterocycles. The molecule has 4 rings (SSSR count). The SMILES string of the molecule is CCN(CC)c1ccc(C=O)c(Oc2nc(Oc3cccc(-c4cccc(C(=N)N)c4)c3)c(F)c(C)c2F)c1. The van der Waals surface area contributed by atoms with Crippen LogP contribution in [0.4, 0.5) is 14.5 Å². The van der Waals surface area contributed by atoms with Gasteiger partial charge in [-0.3, -0.25) is 10.2 Å². The number of anilines is 1. The van der Waals surface area contributed by atoms with Crippen LogP contribution in [0.2, 0.25) is 0 Å². The van der Waals surface area contributed by atoms with Crippen LogP contribution in [-0.2, 0) is 0 Å². The lowest BCUT2D eigenvalue weighted by Gasteiger charge is -2.22. The van der Waals surface area contributed by atoms with Gasteiger partial charge in [0, 0.05) is 36.0 Å². The molecule has 200 valence electrons. The molecule has 0 radical (unpaired) electrons. The van der Waals surface area contributed by atoms with Gasteiger partial charge in [0.25, 0.3) is 11.8 Å². The first kappa shape index (κ1) is 27.3. The van der Waals surface area contributed by atoms with Crippen LogP contribution < -0.4 is 20.1 Å². The summed E-state index contributed by atoms with van der Waals surface area (Å²) in [4.78, 5) is 17.7. The number of amidine groups is 1. The maximum absolute atomic E-state index is 15.1. The van der Waals surface area contributed by atoms with Gasteiger partial charge >= 0.3 is 0 Å². The summed E-state index contributed by atoms with van der Waals surface area (Å²) in [6, 6.07) is 18.9. The van der Waals surface area contributed by atoms with Crippen LogP contribution in [0.15, 0.2) is 66.7 Å². The largest absolute Gasteiger partial charge is 0.436 e. The van der Waals surface area contributed by atoms with Crippen LogP contribution in [0.3, 0.4) is 0 Å². The number of ether oxygens (including phenoxy) is 2. The van der Waals surface area contributed by atoms with E-state index in [1.165, 1.54) is 6.92 Å². The first-order valence-corrected chi connectivity index (χ1v) is 12.4. The highest BCUT2D eigenvalue weighted by atomic mass is 19.1. The smallest absolute Gasteiger partial charge is 0.259 e. The van der Waals surface area contributed by atoms with E-state index in [9.17, 15) is 4.79 Å². The van der Waals surface area contributed by atoms with Crippen molar-refractivity contribution in [1.82, 2.24) is 4.98 Å². The number of aromatic nitrogens is 1. The molecule has 0 saturated carbocycles. The van der Waals surface area contributed by atoms with Gasteiger partial charge in [-0.25, -0.2) is 8.78 Å². The minimum atomic E-state index is -1.00. The normalized spacial score (nSPS) is 10.7. The van der Waals surface area contributed by atoms with Crippen LogP contribution in [0.25, 0.3) is 11.1 Å². The molecule has 0 atom stereocenters. The van der Waals surface area contributed by atoms with E-state index in [4.69, 9.17) is 20.6 Å². The highest BCUT2D eigenvalue weighted by Gasteiger charge is 2.22. The van der Waals surface area contributed by atoms with E-state index in [1.807, 2.05) is 30.9 Å². The van der Waals surface area contributed by atoms with Gasteiger partial charge < -0.3 is 20.1 Å². The third kappa shape index (κ3) is 5.87. The maximum atomic E-state index is 15.1. The number of carbonyl (C=O) groups excluding carboxylic acids is 1. The molecule has 39 heavy (non-hydrogen) atoms. The average molecular weight is 531 g/mol. The minimum Gasteiger partial charge on any atom is -0.436 e. The zero-order valence-corrected chi connectivity index (χ0v) is 21.8. The topological polar surface area (TPSA) is 102 Å². The van der Waals surface area contributed by atoms with E-state index in [0.717, 1.165) is 29.9 Å². The molecule has 0 bridgehead atoms. The second-order valence-corrected chi connectivity index (χ2v) is 8.71. The molecule has 0 aliphatic heterocycles.